The Morgan fingerprint density at radius 3 is 2.47 bits per heavy atom. The van der Waals surface area contributed by atoms with Crippen LogP contribution in [0, 0.1) is 0 Å². The Labute approximate surface area is 105 Å². The molecular weight excluding hydrogens is 210 g/mol. The van der Waals surface area contributed by atoms with E-state index in [0.29, 0.717) is 6.04 Å². The molecule has 0 radical (unpaired) electrons. The van der Waals surface area contributed by atoms with Gasteiger partial charge in [0.05, 0.1) is 6.10 Å². The molecule has 17 heavy (non-hydrogen) atoms. The predicted octanol–water partition coefficient (Wildman–Crippen LogP) is 3.06. The van der Waals surface area contributed by atoms with Crippen molar-refractivity contribution in [1.82, 2.24) is 4.90 Å². The highest BCUT2D eigenvalue weighted by Crippen LogP contribution is 2.12. The van der Waals surface area contributed by atoms with Crippen LogP contribution >= 0.6 is 0 Å². The zero-order valence-electron chi connectivity index (χ0n) is 11.3. The summed E-state index contributed by atoms with van der Waals surface area (Å²) in [5, 5.41) is 9.81. The Balaban J connectivity index is 2.39. The van der Waals surface area contributed by atoms with Crippen molar-refractivity contribution in [2.24, 2.45) is 0 Å². The topological polar surface area (TPSA) is 23.5 Å². The lowest BCUT2D eigenvalue weighted by Gasteiger charge is -2.26. The summed E-state index contributed by atoms with van der Waals surface area (Å²) in [5.41, 5.74) is 1.33. The molecule has 96 valence electrons. The standard InChI is InChI=1S/C15H25NO/c1-4-8-15(17)11-13(2)16(3)12-14-9-6-5-7-10-14/h5-7,9-10,13,15,17H,4,8,11-12H2,1-3H3/t13?,15-/m0/s1. The maximum Gasteiger partial charge on any atom is 0.0555 e. The van der Waals surface area contributed by atoms with Crippen LogP contribution in [0.5, 0.6) is 0 Å². The molecule has 2 atom stereocenters. The fraction of sp³-hybridized carbons (Fsp3) is 0.600. The number of hydrogen-bond acceptors (Lipinski definition) is 2. The number of hydrogen-bond donors (Lipinski definition) is 1. The van der Waals surface area contributed by atoms with Crippen molar-refractivity contribution >= 4 is 0 Å². The fourth-order valence-corrected chi connectivity index (χ4v) is 2.05. The highest BCUT2D eigenvalue weighted by Gasteiger charge is 2.14. The first-order valence-electron chi connectivity index (χ1n) is 6.55. The van der Waals surface area contributed by atoms with Gasteiger partial charge in [0, 0.05) is 12.6 Å². The molecule has 0 aliphatic rings. The molecular formula is C15H25NO. The molecule has 1 aromatic rings. The molecule has 2 heteroatoms. The number of aliphatic hydroxyl groups excluding tert-OH is 1. The lowest BCUT2D eigenvalue weighted by atomic mass is 10.1. The summed E-state index contributed by atoms with van der Waals surface area (Å²) in [5.74, 6) is 0. The quantitative estimate of drug-likeness (QED) is 0.785. The van der Waals surface area contributed by atoms with Gasteiger partial charge in [-0.1, -0.05) is 43.7 Å². The third-order valence-electron chi connectivity index (χ3n) is 3.26. The molecule has 0 saturated heterocycles. The van der Waals surface area contributed by atoms with Gasteiger partial charge in [0.25, 0.3) is 0 Å². The number of aliphatic hydroxyl groups is 1. The van der Waals surface area contributed by atoms with E-state index in [1.54, 1.807) is 0 Å². The van der Waals surface area contributed by atoms with Gasteiger partial charge >= 0.3 is 0 Å². The maximum atomic E-state index is 9.81. The van der Waals surface area contributed by atoms with Crippen LogP contribution in [-0.2, 0) is 6.54 Å². The maximum absolute atomic E-state index is 9.81. The van der Waals surface area contributed by atoms with Gasteiger partial charge in [0.15, 0.2) is 0 Å². The minimum Gasteiger partial charge on any atom is -0.393 e. The van der Waals surface area contributed by atoms with Crippen LogP contribution in [0.3, 0.4) is 0 Å². The van der Waals surface area contributed by atoms with Crippen molar-refractivity contribution in [2.45, 2.75) is 51.8 Å². The summed E-state index contributed by atoms with van der Waals surface area (Å²) in [6.07, 6.45) is 2.66. The second-order valence-electron chi connectivity index (χ2n) is 4.93. The molecule has 0 aliphatic carbocycles. The molecule has 0 heterocycles. The van der Waals surface area contributed by atoms with E-state index >= 15 is 0 Å². The monoisotopic (exact) mass is 235 g/mol. The second-order valence-corrected chi connectivity index (χ2v) is 4.93. The average molecular weight is 235 g/mol. The first-order chi connectivity index (χ1) is 8.13. The molecule has 0 spiro atoms. The molecule has 0 aliphatic heterocycles. The highest BCUT2D eigenvalue weighted by atomic mass is 16.3. The van der Waals surface area contributed by atoms with Crippen molar-refractivity contribution in [3.05, 3.63) is 35.9 Å². The van der Waals surface area contributed by atoms with Crippen molar-refractivity contribution in [3.8, 4) is 0 Å². The van der Waals surface area contributed by atoms with Crippen molar-refractivity contribution in [3.63, 3.8) is 0 Å². The number of benzene rings is 1. The van der Waals surface area contributed by atoms with Crippen molar-refractivity contribution < 1.29 is 5.11 Å². The van der Waals surface area contributed by atoms with Crippen LogP contribution in [0.25, 0.3) is 0 Å². The van der Waals surface area contributed by atoms with Crippen LogP contribution in [-0.4, -0.2) is 29.2 Å². The van der Waals surface area contributed by atoms with Crippen molar-refractivity contribution in [2.75, 3.05) is 7.05 Å². The normalized spacial score (nSPS) is 14.9. The van der Waals surface area contributed by atoms with Crippen LogP contribution < -0.4 is 0 Å². The minimum absolute atomic E-state index is 0.159. The molecule has 0 amide bonds. The van der Waals surface area contributed by atoms with E-state index in [2.05, 4.69) is 50.1 Å². The third kappa shape index (κ3) is 5.33. The summed E-state index contributed by atoms with van der Waals surface area (Å²) in [6.45, 7) is 5.24. The van der Waals surface area contributed by atoms with Gasteiger partial charge in [0.2, 0.25) is 0 Å². The Morgan fingerprint density at radius 2 is 1.88 bits per heavy atom. The second kappa shape index (κ2) is 7.46. The van der Waals surface area contributed by atoms with E-state index in [4.69, 9.17) is 0 Å². The molecule has 0 saturated carbocycles. The van der Waals surface area contributed by atoms with Crippen LogP contribution in [0.2, 0.25) is 0 Å². The van der Waals surface area contributed by atoms with E-state index in [1.165, 1.54) is 5.56 Å². The molecule has 1 unspecified atom stereocenters. The van der Waals surface area contributed by atoms with Crippen molar-refractivity contribution in [1.29, 1.82) is 0 Å². The minimum atomic E-state index is -0.159. The summed E-state index contributed by atoms with van der Waals surface area (Å²) in [6, 6.07) is 10.9. The van der Waals surface area contributed by atoms with E-state index in [0.717, 1.165) is 25.8 Å². The smallest absolute Gasteiger partial charge is 0.0555 e. The zero-order chi connectivity index (χ0) is 12.7. The van der Waals surface area contributed by atoms with Crippen LogP contribution in [0.15, 0.2) is 30.3 Å². The molecule has 0 bridgehead atoms. The first-order valence-corrected chi connectivity index (χ1v) is 6.55. The predicted molar refractivity (Wildman–Crippen MR) is 72.9 cm³/mol. The van der Waals surface area contributed by atoms with Gasteiger partial charge in [-0.05, 0) is 32.4 Å². The summed E-state index contributed by atoms with van der Waals surface area (Å²) < 4.78 is 0. The summed E-state index contributed by atoms with van der Waals surface area (Å²) >= 11 is 0. The molecule has 0 aromatic heterocycles. The summed E-state index contributed by atoms with van der Waals surface area (Å²) in [4.78, 5) is 2.30. The lowest BCUT2D eigenvalue weighted by Crippen LogP contribution is -2.31. The number of rotatable bonds is 7. The van der Waals surface area contributed by atoms with Gasteiger partial charge in [-0.15, -0.1) is 0 Å². The molecule has 0 fully saturated rings. The SMILES string of the molecule is CCC[C@H](O)CC(C)N(C)Cc1ccccc1. The van der Waals surface area contributed by atoms with Gasteiger partial charge in [-0.3, -0.25) is 4.90 Å². The summed E-state index contributed by atoms with van der Waals surface area (Å²) in [7, 11) is 2.12. The molecule has 1 aromatic carbocycles. The zero-order valence-corrected chi connectivity index (χ0v) is 11.3. The van der Waals surface area contributed by atoms with Gasteiger partial charge in [-0.25, -0.2) is 0 Å². The Bertz CT molecular complexity index is 299. The van der Waals surface area contributed by atoms with Gasteiger partial charge < -0.3 is 5.11 Å². The van der Waals surface area contributed by atoms with Crippen LogP contribution in [0.1, 0.15) is 38.7 Å². The Morgan fingerprint density at radius 1 is 1.24 bits per heavy atom. The van der Waals surface area contributed by atoms with E-state index in [9.17, 15) is 5.11 Å². The first kappa shape index (κ1) is 14.2. The van der Waals surface area contributed by atoms with Gasteiger partial charge in [0.1, 0.15) is 0 Å². The van der Waals surface area contributed by atoms with E-state index in [1.807, 2.05) is 6.07 Å². The average Bonchev–Trinajstić information content (AvgIpc) is 2.30. The van der Waals surface area contributed by atoms with E-state index in [-0.39, 0.29) is 6.10 Å². The molecule has 1 N–H and O–H groups in total. The highest BCUT2D eigenvalue weighted by molar-refractivity contribution is 5.14. The largest absolute Gasteiger partial charge is 0.393 e. The van der Waals surface area contributed by atoms with Crippen LogP contribution in [0.4, 0.5) is 0 Å². The Kier molecular flexibility index (Phi) is 6.23. The number of nitrogens with zero attached hydrogens (tertiary/aromatic N) is 1. The van der Waals surface area contributed by atoms with Gasteiger partial charge in [-0.2, -0.15) is 0 Å². The van der Waals surface area contributed by atoms with E-state index < -0.39 is 0 Å². The Hall–Kier alpha value is -0.860. The third-order valence-corrected chi connectivity index (χ3v) is 3.26. The molecule has 2 nitrogen and oxygen atoms in total. The lowest BCUT2D eigenvalue weighted by molar-refractivity contribution is 0.109. The molecule has 1 rings (SSSR count). The fourth-order valence-electron chi connectivity index (χ4n) is 2.05.